The van der Waals surface area contributed by atoms with Crippen LogP contribution in [0.2, 0.25) is 0 Å². The van der Waals surface area contributed by atoms with Crippen LogP contribution in [0, 0.1) is 0 Å². The van der Waals surface area contributed by atoms with Gasteiger partial charge in [-0.3, -0.25) is 0 Å². The van der Waals surface area contributed by atoms with E-state index in [0.29, 0.717) is 19.5 Å². The summed E-state index contributed by atoms with van der Waals surface area (Å²) in [6.45, 7) is 3.17. The highest BCUT2D eigenvalue weighted by molar-refractivity contribution is 7.98. The molecule has 4 nitrogen and oxygen atoms in total. The summed E-state index contributed by atoms with van der Waals surface area (Å²) in [5.41, 5.74) is 0. The smallest absolute Gasteiger partial charge is 0.314 e. The summed E-state index contributed by atoms with van der Waals surface area (Å²) in [5.74, 6) is 1.06. The van der Waals surface area contributed by atoms with Gasteiger partial charge in [0.15, 0.2) is 0 Å². The minimum Gasteiger partial charge on any atom is -0.393 e. The highest BCUT2D eigenvalue weighted by atomic mass is 32.2. The molecule has 0 fully saturated rings. The van der Waals surface area contributed by atoms with E-state index in [-0.39, 0.29) is 12.1 Å². The Morgan fingerprint density at radius 1 is 1.40 bits per heavy atom. The van der Waals surface area contributed by atoms with Crippen molar-refractivity contribution < 1.29 is 9.90 Å². The van der Waals surface area contributed by atoms with Gasteiger partial charge in [0, 0.05) is 13.1 Å². The fourth-order valence-corrected chi connectivity index (χ4v) is 1.47. The predicted molar refractivity (Wildman–Crippen MR) is 65.3 cm³/mol. The van der Waals surface area contributed by atoms with Gasteiger partial charge in [-0.05, 0) is 31.3 Å². The lowest BCUT2D eigenvalue weighted by Gasteiger charge is -2.09. The standard InChI is InChI=1S/C10H22N2O2S/c1-3-9(13)5-7-12-10(14)11-6-4-8-15-2/h9,13H,3-8H2,1-2H3,(H2,11,12,14). The zero-order valence-corrected chi connectivity index (χ0v) is 10.4. The topological polar surface area (TPSA) is 61.4 Å². The molecule has 0 aliphatic rings. The second-order valence-corrected chi connectivity index (χ2v) is 4.37. The molecule has 1 unspecified atom stereocenters. The van der Waals surface area contributed by atoms with Crippen molar-refractivity contribution in [3.63, 3.8) is 0 Å². The van der Waals surface area contributed by atoms with Gasteiger partial charge in [-0.15, -0.1) is 0 Å². The van der Waals surface area contributed by atoms with E-state index in [4.69, 9.17) is 0 Å². The Morgan fingerprint density at radius 2 is 2.07 bits per heavy atom. The number of aliphatic hydroxyl groups is 1. The van der Waals surface area contributed by atoms with Crippen LogP contribution in [0.15, 0.2) is 0 Å². The monoisotopic (exact) mass is 234 g/mol. The van der Waals surface area contributed by atoms with E-state index in [9.17, 15) is 9.90 Å². The van der Waals surface area contributed by atoms with Crippen molar-refractivity contribution >= 4 is 17.8 Å². The summed E-state index contributed by atoms with van der Waals surface area (Å²) in [7, 11) is 0. The van der Waals surface area contributed by atoms with Gasteiger partial charge >= 0.3 is 6.03 Å². The number of carbonyl (C=O) groups excluding carboxylic acids is 1. The summed E-state index contributed by atoms with van der Waals surface area (Å²) in [6.07, 6.45) is 4.09. The van der Waals surface area contributed by atoms with Crippen molar-refractivity contribution in [2.24, 2.45) is 0 Å². The maximum Gasteiger partial charge on any atom is 0.314 e. The molecule has 0 spiro atoms. The van der Waals surface area contributed by atoms with Crippen LogP contribution in [-0.2, 0) is 0 Å². The maximum atomic E-state index is 11.2. The SMILES string of the molecule is CCC(O)CCNC(=O)NCCCSC. The molecule has 3 N–H and O–H groups in total. The van der Waals surface area contributed by atoms with Crippen LogP contribution in [-0.4, -0.2) is 42.3 Å². The minimum absolute atomic E-state index is 0.139. The highest BCUT2D eigenvalue weighted by Crippen LogP contribution is 1.94. The Morgan fingerprint density at radius 3 is 2.67 bits per heavy atom. The van der Waals surface area contributed by atoms with E-state index >= 15 is 0 Å². The first-order chi connectivity index (χ1) is 7.20. The fourth-order valence-electron chi connectivity index (χ4n) is 1.04. The van der Waals surface area contributed by atoms with Crippen molar-refractivity contribution in [3.05, 3.63) is 0 Å². The molecule has 0 aromatic carbocycles. The van der Waals surface area contributed by atoms with Crippen LogP contribution < -0.4 is 10.6 Å². The van der Waals surface area contributed by atoms with Crippen LogP contribution in [0.4, 0.5) is 4.79 Å². The molecule has 5 heteroatoms. The molecule has 0 saturated heterocycles. The molecule has 0 rings (SSSR count). The molecule has 90 valence electrons. The van der Waals surface area contributed by atoms with Crippen molar-refractivity contribution in [1.29, 1.82) is 0 Å². The second-order valence-electron chi connectivity index (χ2n) is 3.38. The van der Waals surface area contributed by atoms with Crippen molar-refractivity contribution in [2.75, 3.05) is 25.1 Å². The summed E-state index contributed by atoms with van der Waals surface area (Å²) >= 11 is 1.77. The van der Waals surface area contributed by atoms with E-state index < -0.39 is 0 Å². The Hall–Kier alpha value is -0.420. The van der Waals surface area contributed by atoms with Crippen LogP contribution in [0.1, 0.15) is 26.2 Å². The number of thioether (sulfide) groups is 1. The van der Waals surface area contributed by atoms with E-state index in [1.165, 1.54) is 0 Å². The maximum absolute atomic E-state index is 11.2. The van der Waals surface area contributed by atoms with Crippen molar-refractivity contribution in [2.45, 2.75) is 32.3 Å². The van der Waals surface area contributed by atoms with Crippen molar-refractivity contribution in [1.82, 2.24) is 10.6 Å². The molecule has 0 aromatic rings. The quantitative estimate of drug-likeness (QED) is 0.553. The second kappa shape index (κ2) is 10.1. The number of urea groups is 1. The average molecular weight is 234 g/mol. The van der Waals surface area contributed by atoms with E-state index in [1.54, 1.807) is 11.8 Å². The van der Waals surface area contributed by atoms with Crippen LogP contribution in [0.5, 0.6) is 0 Å². The molecule has 0 bridgehead atoms. The highest BCUT2D eigenvalue weighted by Gasteiger charge is 2.02. The average Bonchev–Trinajstić information content (AvgIpc) is 2.24. The lowest BCUT2D eigenvalue weighted by atomic mass is 10.2. The Balaban J connectivity index is 3.26. The Labute approximate surface area is 96.2 Å². The van der Waals surface area contributed by atoms with Gasteiger partial charge < -0.3 is 15.7 Å². The molecule has 0 aromatic heterocycles. The third-order valence-corrected chi connectivity index (χ3v) is 2.74. The minimum atomic E-state index is -0.304. The van der Waals surface area contributed by atoms with E-state index in [2.05, 4.69) is 10.6 Å². The first-order valence-electron chi connectivity index (χ1n) is 5.39. The number of rotatable bonds is 8. The van der Waals surface area contributed by atoms with Gasteiger partial charge in [-0.25, -0.2) is 4.79 Å². The third kappa shape index (κ3) is 9.87. The summed E-state index contributed by atoms with van der Waals surface area (Å²) < 4.78 is 0. The summed E-state index contributed by atoms with van der Waals surface area (Å²) in [5, 5.41) is 14.7. The van der Waals surface area contributed by atoms with Gasteiger partial charge in [-0.2, -0.15) is 11.8 Å². The summed E-state index contributed by atoms with van der Waals surface area (Å²) in [6, 6.07) is -0.139. The molecule has 0 heterocycles. The van der Waals surface area contributed by atoms with E-state index in [0.717, 1.165) is 18.6 Å². The number of hydrogen-bond donors (Lipinski definition) is 3. The third-order valence-electron chi connectivity index (χ3n) is 2.05. The van der Waals surface area contributed by atoms with Crippen LogP contribution in [0.25, 0.3) is 0 Å². The molecule has 0 radical (unpaired) electrons. The Bertz CT molecular complexity index is 168. The van der Waals surface area contributed by atoms with Gasteiger partial charge in [-0.1, -0.05) is 6.92 Å². The normalized spacial score (nSPS) is 12.2. The molecule has 1 atom stereocenters. The zero-order chi connectivity index (χ0) is 11.5. The lowest BCUT2D eigenvalue weighted by molar-refractivity contribution is 0.160. The van der Waals surface area contributed by atoms with E-state index in [1.807, 2.05) is 13.2 Å². The molecule has 0 aliphatic carbocycles. The lowest BCUT2D eigenvalue weighted by Crippen LogP contribution is -2.37. The van der Waals surface area contributed by atoms with Gasteiger partial charge in [0.1, 0.15) is 0 Å². The molecule has 15 heavy (non-hydrogen) atoms. The first kappa shape index (κ1) is 14.6. The number of hydrogen-bond acceptors (Lipinski definition) is 3. The van der Waals surface area contributed by atoms with Gasteiger partial charge in [0.05, 0.1) is 6.10 Å². The molecular weight excluding hydrogens is 212 g/mol. The largest absolute Gasteiger partial charge is 0.393 e. The summed E-state index contributed by atoms with van der Waals surface area (Å²) in [4.78, 5) is 11.2. The number of carbonyl (C=O) groups is 1. The zero-order valence-electron chi connectivity index (χ0n) is 9.58. The molecule has 2 amide bonds. The van der Waals surface area contributed by atoms with Gasteiger partial charge in [0.25, 0.3) is 0 Å². The van der Waals surface area contributed by atoms with Crippen LogP contribution >= 0.6 is 11.8 Å². The number of nitrogens with one attached hydrogen (secondary N) is 2. The first-order valence-corrected chi connectivity index (χ1v) is 6.78. The van der Waals surface area contributed by atoms with Gasteiger partial charge in [0.2, 0.25) is 0 Å². The molecule has 0 saturated carbocycles. The number of aliphatic hydroxyl groups excluding tert-OH is 1. The van der Waals surface area contributed by atoms with Crippen molar-refractivity contribution in [3.8, 4) is 0 Å². The van der Waals surface area contributed by atoms with Crippen LogP contribution in [0.3, 0.4) is 0 Å². The predicted octanol–water partition coefficient (Wildman–Crippen LogP) is 1.20. The Kier molecular flexibility index (Phi) is 9.83. The molecular formula is C10H22N2O2S. The fraction of sp³-hybridized carbons (Fsp3) is 0.900. The molecule has 0 aliphatic heterocycles. The number of amides is 2.